The van der Waals surface area contributed by atoms with Gasteiger partial charge in [-0.25, -0.2) is 0 Å². The van der Waals surface area contributed by atoms with Gasteiger partial charge >= 0.3 is 0 Å². The van der Waals surface area contributed by atoms with Crippen molar-refractivity contribution >= 4 is 21.8 Å². The fourth-order valence-electron chi connectivity index (χ4n) is 1.70. The van der Waals surface area contributed by atoms with E-state index in [1.807, 2.05) is 0 Å². The molecule has 1 atom stereocenters. The Morgan fingerprint density at radius 2 is 2.22 bits per heavy atom. The van der Waals surface area contributed by atoms with Crippen molar-refractivity contribution in [2.75, 3.05) is 18.7 Å². The average Bonchev–Trinajstić information content (AvgIpc) is 2.83. The number of hydrogen-bond donors (Lipinski definition) is 1. The number of ether oxygens (including phenoxy) is 2. The van der Waals surface area contributed by atoms with Crippen molar-refractivity contribution in [3.05, 3.63) is 23.8 Å². The third-order valence-electron chi connectivity index (χ3n) is 2.85. The van der Waals surface area contributed by atoms with Gasteiger partial charge < -0.3 is 14.8 Å². The fourth-order valence-corrected chi connectivity index (χ4v) is 2.48. The molecule has 2 rings (SSSR count). The predicted octanol–water partition coefficient (Wildman–Crippen LogP) is 2.57. The van der Waals surface area contributed by atoms with Crippen LogP contribution in [0.1, 0.15) is 23.7 Å². The first kappa shape index (κ1) is 13.2. The maximum absolute atomic E-state index is 11.9. The summed E-state index contributed by atoms with van der Waals surface area (Å²) < 4.78 is 10.4. The first-order chi connectivity index (χ1) is 8.70. The van der Waals surface area contributed by atoms with Crippen molar-refractivity contribution in [1.82, 2.24) is 5.32 Å². The minimum absolute atomic E-state index is 0.0743. The summed E-state index contributed by atoms with van der Waals surface area (Å²) in [7, 11) is 0. The molecule has 0 aromatic heterocycles. The lowest BCUT2D eigenvalue weighted by atomic mass is 10.1. The Bertz CT molecular complexity index is 436. The second kappa shape index (κ2) is 6.09. The van der Waals surface area contributed by atoms with Crippen molar-refractivity contribution in [2.45, 2.75) is 13.3 Å². The van der Waals surface area contributed by atoms with Crippen molar-refractivity contribution in [2.24, 2.45) is 5.92 Å². The maximum Gasteiger partial charge on any atom is 0.251 e. The molecule has 1 aromatic carbocycles. The Kier molecular flexibility index (Phi) is 4.47. The summed E-state index contributed by atoms with van der Waals surface area (Å²) in [6.45, 7) is 3.02. The first-order valence-corrected chi connectivity index (χ1v) is 7.06. The van der Waals surface area contributed by atoms with Gasteiger partial charge in [-0.05, 0) is 30.5 Å². The summed E-state index contributed by atoms with van der Waals surface area (Å²) in [4.78, 5) is 11.9. The van der Waals surface area contributed by atoms with E-state index in [2.05, 4.69) is 28.2 Å². The van der Waals surface area contributed by atoms with Crippen molar-refractivity contribution in [1.29, 1.82) is 0 Å². The molecule has 1 unspecified atom stereocenters. The number of hydrogen-bond acceptors (Lipinski definition) is 3. The number of carbonyl (C=O) groups is 1. The molecule has 0 saturated carbocycles. The topological polar surface area (TPSA) is 47.6 Å². The molecule has 98 valence electrons. The average molecular weight is 314 g/mol. The molecule has 0 radical (unpaired) electrons. The van der Waals surface area contributed by atoms with Gasteiger partial charge in [0.05, 0.1) is 0 Å². The van der Waals surface area contributed by atoms with Crippen LogP contribution in [-0.2, 0) is 0 Å². The van der Waals surface area contributed by atoms with E-state index in [1.54, 1.807) is 18.2 Å². The number of fused-ring (bicyclic) bond motifs is 1. The lowest BCUT2D eigenvalue weighted by Gasteiger charge is -2.11. The van der Waals surface area contributed by atoms with E-state index in [-0.39, 0.29) is 12.7 Å². The molecule has 1 aliphatic rings. The van der Waals surface area contributed by atoms with Gasteiger partial charge in [0.1, 0.15) is 0 Å². The molecule has 5 heteroatoms. The van der Waals surface area contributed by atoms with Gasteiger partial charge in [0, 0.05) is 17.4 Å². The van der Waals surface area contributed by atoms with Crippen LogP contribution in [0.15, 0.2) is 18.2 Å². The van der Waals surface area contributed by atoms with Crippen LogP contribution in [-0.4, -0.2) is 24.6 Å². The number of nitrogens with one attached hydrogen (secondary N) is 1. The molecule has 1 aromatic rings. The molecule has 4 nitrogen and oxygen atoms in total. The highest BCUT2D eigenvalue weighted by Crippen LogP contribution is 2.32. The molecular weight excluding hydrogens is 298 g/mol. The lowest BCUT2D eigenvalue weighted by Crippen LogP contribution is -2.28. The summed E-state index contributed by atoms with van der Waals surface area (Å²) in [6, 6.07) is 5.23. The molecule has 0 fully saturated rings. The van der Waals surface area contributed by atoms with Gasteiger partial charge in [0.2, 0.25) is 6.79 Å². The van der Waals surface area contributed by atoms with Crippen LogP contribution in [0, 0.1) is 5.92 Å². The number of rotatable bonds is 5. The van der Waals surface area contributed by atoms with E-state index in [9.17, 15) is 4.79 Å². The summed E-state index contributed by atoms with van der Waals surface area (Å²) in [5.74, 6) is 1.72. The van der Waals surface area contributed by atoms with Gasteiger partial charge in [-0.15, -0.1) is 0 Å². The van der Waals surface area contributed by atoms with Gasteiger partial charge in [-0.2, -0.15) is 0 Å². The van der Waals surface area contributed by atoms with Gasteiger partial charge in [-0.1, -0.05) is 22.9 Å². The van der Waals surface area contributed by atoms with E-state index in [4.69, 9.17) is 9.47 Å². The van der Waals surface area contributed by atoms with Crippen molar-refractivity contribution in [3.8, 4) is 11.5 Å². The zero-order valence-electron chi connectivity index (χ0n) is 10.2. The van der Waals surface area contributed by atoms with Crippen LogP contribution in [0.2, 0.25) is 0 Å². The van der Waals surface area contributed by atoms with E-state index >= 15 is 0 Å². The van der Waals surface area contributed by atoms with Gasteiger partial charge in [0.15, 0.2) is 11.5 Å². The highest BCUT2D eigenvalue weighted by Gasteiger charge is 2.16. The van der Waals surface area contributed by atoms with E-state index in [0.717, 1.165) is 11.8 Å². The number of carbonyl (C=O) groups excluding carboxylic acids is 1. The zero-order valence-corrected chi connectivity index (χ0v) is 11.8. The van der Waals surface area contributed by atoms with Crippen LogP contribution < -0.4 is 14.8 Å². The SMILES string of the molecule is CC(CCBr)CNC(=O)c1ccc2c(c1)OCO2. The molecule has 1 N–H and O–H groups in total. The zero-order chi connectivity index (χ0) is 13.0. The standard InChI is InChI=1S/C13H16BrNO3/c1-9(4-5-14)7-15-13(16)10-2-3-11-12(6-10)18-8-17-11/h2-3,6,9H,4-5,7-8H2,1H3,(H,15,16). The van der Waals surface area contributed by atoms with Gasteiger partial charge in [0.25, 0.3) is 5.91 Å². The van der Waals surface area contributed by atoms with Crippen LogP contribution in [0.4, 0.5) is 0 Å². The second-order valence-electron chi connectivity index (χ2n) is 4.36. The number of amides is 1. The third kappa shape index (κ3) is 3.16. The Balaban J connectivity index is 1.93. The summed E-state index contributed by atoms with van der Waals surface area (Å²) in [5.41, 5.74) is 0.602. The summed E-state index contributed by atoms with van der Waals surface area (Å²) in [5, 5.41) is 3.87. The number of benzene rings is 1. The Hall–Kier alpha value is -1.23. The van der Waals surface area contributed by atoms with E-state index in [1.165, 1.54) is 0 Å². The normalized spacial score (nSPS) is 14.3. The Morgan fingerprint density at radius 3 is 3.00 bits per heavy atom. The largest absolute Gasteiger partial charge is 0.454 e. The van der Waals surface area contributed by atoms with Crippen molar-refractivity contribution in [3.63, 3.8) is 0 Å². The minimum atomic E-state index is -0.0743. The quantitative estimate of drug-likeness (QED) is 0.850. The Labute approximate surface area is 115 Å². The lowest BCUT2D eigenvalue weighted by molar-refractivity contribution is 0.0947. The summed E-state index contributed by atoms with van der Waals surface area (Å²) in [6.07, 6.45) is 1.04. The smallest absolute Gasteiger partial charge is 0.251 e. The molecule has 18 heavy (non-hydrogen) atoms. The monoisotopic (exact) mass is 313 g/mol. The van der Waals surface area contributed by atoms with Crippen LogP contribution in [0.5, 0.6) is 11.5 Å². The van der Waals surface area contributed by atoms with E-state index < -0.39 is 0 Å². The highest BCUT2D eigenvalue weighted by atomic mass is 79.9. The maximum atomic E-state index is 11.9. The molecule has 0 bridgehead atoms. The molecular formula is C13H16BrNO3. The molecule has 0 spiro atoms. The highest BCUT2D eigenvalue weighted by molar-refractivity contribution is 9.09. The predicted molar refractivity (Wildman–Crippen MR) is 72.5 cm³/mol. The molecule has 0 aliphatic carbocycles. The molecule has 0 saturated heterocycles. The van der Waals surface area contributed by atoms with Crippen LogP contribution >= 0.6 is 15.9 Å². The minimum Gasteiger partial charge on any atom is -0.454 e. The van der Waals surface area contributed by atoms with Crippen molar-refractivity contribution < 1.29 is 14.3 Å². The third-order valence-corrected chi connectivity index (χ3v) is 3.31. The number of halogens is 1. The first-order valence-electron chi connectivity index (χ1n) is 5.94. The van der Waals surface area contributed by atoms with Gasteiger partial charge in [-0.3, -0.25) is 4.79 Å². The van der Waals surface area contributed by atoms with Crippen LogP contribution in [0.25, 0.3) is 0 Å². The summed E-state index contributed by atoms with van der Waals surface area (Å²) >= 11 is 3.39. The number of alkyl halides is 1. The van der Waals surface area contributed by atoms with E-state index in [0.29, 0.717) is 29.5 Å². The Morgan fingerprint density at radius 1 is 1.44 bits per heavy atom. The fraction of sp³-hybridized carbons (Fsp3) is 0.462. The molecule has 1 aliphatic heterocycles. The molecule has 1 heterocycles. The van der Waals surface area contributed by atoms with Crippen LogP contribution in [0.3, 0.4) is 0 Å². The second-order valence-corrected chi connectivity index (χ2v) is 5.15. The molecule has 1 amide bonds.